The molecule has 0 amide bonds. The van der Waals surface area contributed by atoms with Crippen molar-refractivity contribution in [3.8, 4) is 0 Å². The van der Waals surface area contributed by atoms with E-state index in [2.05, 4.69) is 23.9 Å². The van der Waals surface area contributed by atoms with Gasteiger partial charge in [-0.05, 0) is 67.8 Å². The van der Waals surface area contributed by atoms with Crippen LogP contribution >= 0.6 is 11.8 Å². The van der Waals surface area contributed by atoms with Crippen molar-refractivity contribution in [1.29, 1.82) is 0 Å². The van der Waals surface area contributed by atoms with E-state index in [9.17, 15) is 4.79 Å². The largest absolute Gasteiger partial charge is 0.481 e. The third kappa shape index (κ3) is 7.75. The van der Waals surface area contributed by atoms with E-state index in [1.165, 1.54) is 43.6 Å². The Balaban J connectivity index is 1.53. The number of hydrogen-bond donors (Lipinski definition) is 1. The Morgan fingerprint density at radius 2 is 1.96 bits per heavy atom. The molecule has 2 aliphatic rings. The summed E-state index contributed by atoms with van der Waals surface area (Å²) >= 11 is 2.08. The van der Waals surface area contributed by atoms with Crippen LogP contribution in [-0.4, -0.2) is 35.8 Å². The predicted molar refractivity (Wildman–Crippen MR) is 96.9 cm³/mol. The summed E-state index contributed by atoms with van der Waals surface area (Å²) in [6.45, 7) is 1.91. The first-order valence-electron chi connectivity index (χ1n) is 9.28. The summed E-state index contributed by atoms with van der Waals surface area (Å²) < 4.78 is 5.92. The number of thioether (sulfide) groups is 1. The Morgan fingerprint density at radius 3 is 2.74 bits per heavy atom. The predicted octanol–water partition coefficient (Wildman–Crippen LogP) is 4.76. The Morgan fingerprint density at radius 1 is 1.17 bits per heavy atom. The van der Waals surface area contributed by atoms with Gasteiger partial charge in [0.1, 0.15) is 0 Å². The molecule has 2 atom stereocenters. The van der Waals surface area contributed by atoms with Gasteiger partial charge in [0.2, 0.25) is 0 Å². The molecule has 1 N–H and O–H groups in total. The molecule has 1 aliphatic carbocycles. The number of allylic oxidation sites excluding steroid dienone is 2. The molecule has 4 heteroatoms. The second kappa shape index (κ2) is 11.1. The van der Waals surface area contributed by atoms with Crippen molar-refractivity contribution in [2.24, 2.45) is 17.8 Å². The summed E-state index contributed by atoms with van der Waals surface area (Å²) in [5.74, 6) is 4.27. The van der Waals surface area contributed by atoms with Crippen LogP contribution in [0.3, 0.4) is 0 Å². The minimum atomic E-state index is -0.691. The lowest BCUT2D eigenvalue weighted by molar-refractivity contribution is -0.137. The van der Waals surface area contributed by atoms with Crippen molar-refractivity contribution >= 4 is 17.7 Å². The summed E-state index contributed by atoms with van der Waals surface area (Å²) in [6.07, 6.45) is 14.2. The standard InChI is InChI=1S/C19H32O3S/c20-19(21)10-4-2-1-3-9-17-14-23-15-18(17)11-12-22-13-16-7-5-6-8-16/h1,3,16-18H,2,4-15H2,(H,20,21)/b3-1-/t17-,18+/m0/s1. The molecular weight excluding hydrogens is 308 g/mol. The third-order valence-electron chi connectivity index (χ3n) is 5.16. The number of carboxylic acids is 1. The topological polar surface area (TPSA) is 46.5 Å². The highest BCUT2D eigenvalue weighted by molar-refractivity contribution is 7.99. The first-order chi connectivity index (χ1) is 11.3. The minimum absolute atomic E-state index is 0.282. The van der Waals surface area contributed by atoms with Crippen LogP contribution in [-0.2, 0) is 9.53 Å². The van der Waals surface area contributed by atoms with E-state index in [1.54, 1.807) is 0 Å². The number of aliphatic carboxylic acids is 1. The summed E-state index contributed by atoms with van der Waals surface area (Å²) in [7, 11) is 0. The molecule has 2 fully saturated rings. The zero-order valence-electron chi connectivity index (χ0n) is 14.3. The number of rotatable bonds is 11. The van der Waals surface area contributed by atoms with Gasteiger partial charge in [-0.25, -0.2) is 0 Å². The van der Waals surface area contributed by atoms with Gasteiger partial charge in [0.25, 0.3) is 0 Å². The fraction of sp³-hybridized carbons (Fsp3) is 0.842. The maximum Gasteiger partial charge on any atom is 0.303 e. The molecule has 1 heterocycles. The molecule has 1 saturated heterocycles. The highest BCUT2D eigenvalue weighted by Crippen LogP contribution is 2.35. The minimum Gasteiger partial charge on any atom is -0.481 e. The van der Waals surface area contributed by atoms with Crippen molar-refractivity contribution in [1.82, 2.24) is 0 Å². The van der Waals surface area contributed by atoms with Crippen molar-refractivity contribution in [3.63, 3.8) is 0 Å². The number of hydrogen-bond acceptors (Lipinski definition) is 3. The average molecular weight is 341 g/mol. The molecule has 3 nitrogen and oxygen atoms in total. The van der Waals surface area contributed by atoms with Gasteiger partial charge in [0.15, 0.2) is 0 Å². The Labute approximate surface area is 145 Å². The van der Waals surface area contributed by atoms with Gasteiger partial charge in [-0.2, -0.15) is 11.8 Å². The van der Waals surface area contributed by atoms with Crippen molar-refractivity contribution < 1.29 is 14.6 Å². The van der Waals surface area contributed by atoms with E-state index in [1.807, 2.05) is 0 Å². The summed E-state index contributed by atoms with van der Waals surface area (Å²) in [5.41, 5.74) is 0. The number of carbonyl (C=O) groups is 1. The molecule has 0 aromatic rings. The summed E-state index contributed by atoms with van der Waals surface area (Å²) in [6, 6.07) is 0. The van der Waals surface area contributed by atoms with Crippen LogP contribution in [0.25, 0.3) is 0 Å². The maximum atomic E-state index is 10.5. The lowest BCUT2D eigenvalue weighted by Gasteiger charge is -2.18. The molecule has 0 aromatic carbocycles. The van der Waals surface area contributed by atoms with Gasteiger partial charge in [0.05, 0.1) is 0 Å². The molecule has 132 valence electrons. The quantitative estimate of drug-likeness (QED) is 0.435. The van der Waals surface area contributed by atoms with Crippen LogP contribution in [0.2, 0.25) is 0 Å². The Kier molecular flexibility index (Phi) is 9.13. The SMILES string of the molecule is O=C(O)CCC/C=C\C[C@H]1CSC[C@H]1CCOCC1CCCC1. The molecule has 0 radical (unpaired) electrons. The first kappa shape index (κ1) is 18.9. The van der Waals surface area contributed by atoms with E-state index < -0.39 is 5.97 Å². The van der Waals surface area contributed by atoms with E-state index in [-0.39, 0.29) is 6.42 Å². The highest BCUT2D eigenvalue weighted by Gasteiger charge is 2.26. The van der Waals surface area contributed by atoms with Gasteiger partial charge in [-0.15, -0.1) is 0 Å². The smallest absolute Gasteiger partial charge is 0.303 e. The number of carboxylic acid groups (broad SMARTS) is 1. The van der Waals surface area contributed by atoms with E-state index >= 15 is 0 Å². The molecule has 0 bridgehead atoms. The lowest BCUT2D eigenvalue weighted by atomic mass is 9.90. The summed E-state index contributed by atoms with van der Waals surface area (Å²) in [5, 5.41) is 8.61. The van der Waals surface area contributed by atoms with Crippen LogP contribution in [0.1, 0.15) is 57.8 Å². The Bertz CT molecular complexity index is 364. The van der Waals surface area contributed by atoms with E-state index in [0.29, 0.717) is 0 Å². The van der Waals surface area contributed by atoms with Gasteiger partial charge in [-0.1, -0.05) is 25.0 Å². The Hall–Kier alpha value is -0.480. The second-order valence-corrected chi connectivity index (χ2v) is 8.14. The van der Waals surface area contributed by atoms with Gasteiger partial charge in [0, 0.05) is 19.6 Å². The van der Waals surface area contributed by atoms with Crippen molar-refractivity contribution in [3.05, 3.63) is 12.2 Å². The van der Waals surface area contributed by atoms with E-state index in [4.69, 9.17) is 9.84 Å². The van der Waals surface area contributed by atoms with Crippen LogP contribution < -0.4 is 0 Å². The zero-order valence-corrected chi connectivity index (χ0v) is 15.1. The second-order valence-electron chi connectivity index (χ2n) is 7.06. The fourth-order valence-corrected chi connectivity index (χ4v) is 5.23. The zero-order chi connectivity index (χ0) is 16.3. The van der Waals surface area contributed by atoms with E-state index in [0.717, 1.165) is 50.2 Å². The highest BCUT2D eigenvalue weighted by atomic mass is 32.2. The van der Waals surface area contributed by atoms with Crippen LogP contribution in [0, 0.1) is 17.8 Å². The molecule has 0 aromatic heterocycles. The van der Waals surface area contributed by atoms with Crippen molar-refractivity contribution in [2.75, 3.05) is 24.7 Å². The molecule has 2 rings (SSSR count). The molecular formula is C19H32O3S. The first-order valence-corrected chi connectivity index (χ1v) is 10.4. The van der Waals surface area contributed by atoms with Gasteiger partial charge in [-0.3, -0.25) is 4.79 Å². The summed E-state index contributed by atoms with van der Waals surface area (Å²) in [4.78, 5) is 10.5. The molecule has 23 heavy (non-hydrogen) atoms. The molecule has 1 saturated carbocycles. The maximum absolute atomic E-state index is 10.5. The monoisotopic (exact) mass is 340 g/mol. The van der Waals surface area contributed by atoms with Crippen LogP contribution in [0.15, 0.2) is 12.2 Å². The third-order valence-corrected chi connectivity index (χ3v) is 6.49. The van der Waals surface area contributed by atoms with Gasteiger partial charge < -0.3 is 9.84 Å². The molecule has 0 spiro atoms. The molecule has 1 aliphatic heterocycles. The van der Waals surface area contributed by atoms with Crippen LogP contribution in [0.4, 0.5) is 0 Å². The van der Waals surface area contributed by atoms with Crippen LogP contribution in [0.5, 0.6) is 0 Å². The molecule has 0 unspecified atom stereocenters. The number of unbranched alkanes of at least 4 members (excludes halogenated alkanes) is 1. The lowest BCUT2D eigenvalue weighted by Crippen LogP contribution is -2.15. The average Bonchev–Trinajstić information content (AvgIpc) is 3.18. The normalized spacial score (nSPS) is 25.6. The fourth-order valence-electron chi connectivity index (χ4n) is 3.64. The van der Waals surface area contributed by atoms with Gasteiger partial charge >= 0.3 is 5.97 Å². The number of ether oxygens (including phenoxy) is 1. The van der Waals surface area contributed by atoms with Crippen molar-refractivity contribution in [2.45, 2.75) is 57.8 Å².